The van der Waals surface area contributed by atoms with E-state index in [9.17, 15) is 9.90 Å². The Bertz CT molecular complexity index is 579. The first-order valence-corrected chi connectivity index (χ1v) is 6.49. The van der Waals surface area contributed by atoms with Crippen molar-refractivity contribution in [3.63, 3.8) is 0 Å². The smallest absolute Gasteiger partial charge is 0.221 e. The molecule has 0 aromatic heterocycles. The second-order valence-electron chi connectivity index (χ2n) is 4.61. The lowest BCUT2D eigenvalue weighted by Crippen LogP contribution is -2.15. The average Bonchev–Trinajstić information content (AvgIpc) is 2.42. The maximum Gasteiger partial charge on any atom is 0.221 e. The summed E-state index contributed by atoms with van der Waals surface area (Å²) >= 11 is 0. The maximum absolute atomic E-state index is 11.1. The van der Waals surface area contributed by atoms with E-state index in [0.29, 0.717) is 13.1 Å². The number of anilines is 1. The average molecular weight is 270 g/mol. The summed E-state index contributed by atoms with van der Waals surface area (Å²) in [5.41, 5.74) is 2.97. The molecule has 1 amide bonds. The van der Waals surface area contributed by atoms with Crippen LogP contribution in [0.25, 0.3) is 0 Å². The van der Waals surface area contributed by atoms with E-state index < -0.39 is 0 Å². The fraction of sp³-hybridized carbons (Fsp3) is 0.188. The van der Waals surface area contributed by atoms with Crippen molar-refractivity contribution in [3.8, 4) is 5.75 Å². The predicted molar refractivity (Wildman–Crippen MR) is 79.4 cm³/mol. The minimum absolute atomic E-state index is 0.0732. The minimum atomic E-state index is -0.0732. The van der Waals surface area contributed by atoms with Gasteiger partial charge < -0.3 is 15.7 Å². The molecule has 0 saturated heterocycles. The van der Waals surface area contributed by atoms with Crippen molar-refractivity contribution < 1.29 is 9.90 Å². The van der Waals surface area contributed by atoms with E-state index in [1.165, 1.54) is 6.92 Å². The van der Waals surface area contributed by atoms with Gasteiger partial charge in [0.15, 0.2) is 0 Å². The van der Waals surface area contributed by atoms with Gasteiger partial charge in [0.1, 0.15) is 5.75 Å². The van der Waals surface area contributed by atoms with Crippen LogP contribution in [-0.4, -0.2) is 11.0 Å². The summed E-state index contributed by atoms with van der Waals surface area (Å²) in [5.74, 6) is 0.195. The number of rotatable bonds is 5. The molecule has 0 spiro atoms. The van der Waals surface area contributed by atoms with Crippen molar-refractivity contribution in [3.05, 3.63) is 59.7 Å². The van der Waals surface area contributed by atoms with Crippen molar-refractivity contribution in [2.24, 2.45) is 0 Å². The molecule has 4 heteroatoms. The van der Waals surface area contributed by atoms with E-state index in [1.54, 1.807) is 12.1 Å². The van der Waals surface area contributed by atoms with Gasteiger partial charge in [-0.15, -0.1) is 0 Å². The number of hydrogen-bond donors (Lipinski definition) is 3. The molecule has 0 unspecified atom stereocenters. The van der Waals surface area contributed by atoms with Gasteiger partial charge in [-0.25, -0.2) is 0 Å². The molecule has 0 heterocycles. The van der Waals surface area contributed by atoms with Crippen LogP contribution in [0.4, 0.5) is 5.69 Å². The molecule has 0 aliphatic carbocycles. The Hall–Kier alpha value is -2.33. The monoisotopic (exact) mass is 270 g/mol. The SMILES string of the molecule is CC(=O)Nc1ccccc1CNCc1ccc(O)cc1. The molecular weight excluding hydrogens is 252 g/mol. The third-order valence-electron chi connectivity index (χ3n) is 2.91. The zero-order valence-electron chi connectivity index (χ0n) is 11.4. The second kappa shape index (κ2) is 6.73. The van der Waals surface area contributed by atoms with Crippen LogP contribution in [0.15, 0.2) is 48.5 Å². The Morgan fingerprint density at radius 2 is 1.75 bits per heavy atom. The third-order valence-corrected chi connectivity index (χ3v) is 2.91. The Labute approximate surface area is 118 Å². The molecular formula is C16H18N2O2. The number of phenolic OH excluding ortho intramolecular Hbond substituents is 1. The van der Waals surface area contributed by atoms with E-state index in [-0.39, 0.29) is 11.7 Å². The van der Waals surface area contributed by atoms with Crippen molar-refractivity contribution in [2.45, 2.75) is 20.0 Å². The number of carbonyl (C=O) groups excluding carboxylic acids is 1. The molecule has 0 aliphatic heterocycles. The van der Waals surface area contributed by atoms with Crippen molar-refractivity contribution >= 4 is 11.6 Å². The van der Waals surface area contributed by atoms with Crippen LogP contribution < -0.4 is 10.6 Å². The molecule has 3 N–H and O–H groups in total. The summed E-state index contributed by atoms with van der Waals surface area (Å²) in [4.78, 5) is 11.1. The Kier molecular flexibility index (Phi) is 4.74. The minimum Gasteiger partial charge on any atom is -0.508 e. The lowest BCUT2D eigenvalue weighted by Gasteiger charge is -2.11. The first-order chi connectivity index (χ1) is 9.65. The largest absolute Gasteiger partial charge is 0.508 e. The number of para-hydroxylation sites is 1. The van der Waals surface area contributed by atoms with Gasteiger partial charge >= 0.3 is 0 Å². The van der Waals surface area contributed by atoms with Gasteiger partial charge in [-0.1, -0.05) is 30.3 Å². The van der Waals surface area contributed by atoms with E-state index >= 15 is 0 Å². The zero-order valence-corrected chi connectivity index (χ0v) is 11.4. The van der Waals surface area contributed by atoms with Crippen LogP contribution >= 0.6 is 0 Å². The molecule has 0 aliphatic rings. The standard InChI is InChI=1S/C16H18N2O2/c1-12(19)18-16-5-3-2-4-14(16)11-17-10-13-6-8-15(20)9-7-13/h2-9,17,20H,10-11H2,1H3,(H,18,19). The number of aromatic hydroxyl groups is 1. The molecule has 0 saturated carbocycles. The molecule has 20 heavy (non-hydrogen) atoms. The number of benzene rings is 2. The molecule has 0 radical (unpaired) electrons. The van der Waals surface area contributed by atoms with Crippen LogP contribution in [0.1, 0.15) is 18.1 Å². The summed E-state index contributed by atoms with van der Waals surface area (Å²) in [6.45, 7) is 2.87. The van der Waals surface area contributed by atoms with Crippen LogP contribution in [0.3, 0.4) is 0 Å². The molecule has 0 bridgehead atoms. The molecule has 2 rings (SSSR count). The van der Waals surface area contributed by atoms with Gasteiger partial charge in [0.05, 0.1) is 0 Å². The fourth-order valence-electron chi connectivity index (χ4n) is 1.94. The topological polar surface area (TPSA) is 61.4 Å². The van der Waals surface area contributed by atoms with Crippen molar-refractivity contribution in [1.29, 1.82) is 0 Å². The molecule has 2 aromatic rings. The summed E-state index contributed by atoms with van der Waals surface area (Å²) in [6.07, 6.45) is 0. The highest BCUT2D eigenvalue weighted by atomic mass is 16.3. The van der Waals surface area contributed by atoms with Crippen LogP contribution in [0, 0.1) is 0 Å². The highest BCUT2D eigenvalue weighted by Crippen LogP contribution is 2.15. The molecule has 104 valence electrons. The van der Waals surface area contributed by atoms with Crippen LogP contribution in [0.2, 0.25) is 0 Å². The van der Waals surface area contributed by atoms with E-state index in [4.69, 9.17) is 0 Å². The Morgan fingerprint density at radius 3 is 2.45 bits per heavy atom. The van der Waals surface area contributed by atoms with Crippen molar-refractivity contribution in [2.75, 3.05) is 5.32 Å². The van der Waals surface area contributed by atoms with Gasteiger partial charge in [-0.3, -0.25) is 4.79 Å². The van der Waals surface area contributed by atoms with E-state index in [2.05, 4.69) is 10.6 Å². The number of hydrogen-bond acceptors (Lipinski definition) is 3. The maximum atomic E-state index is 11.1. The highest BCUT2D eigenvalue weighted by Gasteiger charge is 2.02. The van der Waals surface area contributed by atoms with E-state index in [1.807, 2.05) is 36.4 Å². The van der Waals surface area contributed by atoms with Gasteiger partial charge in [-0.05, 0) is 29.3 Å². The third kappa shape index (κ3) is 4.10. The first kappa shape index (κ1) is 14.1. The Morgan fingerprint density at radius 1 is 1.05 bits per heavy atom. The summed E-state index contributed by atoms with van der Waals surface area (Å²) in [6, 6.07) is 14.8. The quantitative estimate of drug-likeness (QED) is 0.782. The zero-order chi connectivity index (χ0) is 14.4. The number of phenols is 1. The van der Waals surface area contributed by atoms with E-state index in [0.717, 1.165) is 16.8 Å². The van der Waals surface area contributed by atoms with Gasteiger partial charge in [0.2, 0.25) is 5.91 Å². The van der Waals surface area contributed by atoms with Gasteiger partial charge in [-0.2, -0.15) is 0 Å². The fourth-order valence-corrected chi connectivity index (χ4v) is 1.94. The molecule has 4 nitrogen and oxygen atoms in total. The summed E-state index contributed by atoms with van der Waals surface area (Å²) in [5, 5.41) is 15.4. The predicted octanol–water partition coefficient (Wildman–Crippen LogP) is 2.64. The molecule has 0 atom stereocenters. The second-order valence-corrected chi connectivity index (χ2v) is 4.61. The van der Waals surface area contributed by atoms with Crippen molar-refractivity contribution in [1.82, 2.24) is 5.32 Å². The van der Waals surface area contributed by atoms with Crippen LogP contribution in [-0.2, 0) is 17.9 Å². The highest BCUT2D eigenvalue weighted by molar-refractivity contribution is 5.89. The van der Waals surface area contributed by atoms with Gasteiger partial charge in [0, 0.05) is 25.7 Å². The van der Waals surface area contributed by atoms with Crippen LogP contribution in [0.5, 0.6) is 5.75 Å². The number of nitrogens with one attached hydrogen (secondary N) is 2. The van der Waals surface area contributed by atoms with Gasteiger partial charge in [0.25, 0.3) is 0 Å². The first-order valence-electron chi connectivity index (χ1n) is 6.49. The number of amides is 1. The lowest BCUT2D eigenvalue weighted by molar-refractivity contribution is -0.114. The normalized spacial score (nSPS) is 10.2. The molecule has 2 aromatic carbocycles. The number of carbonyl (C=O) groups is 1. The molecule has 0 fully saturated rings. The summed E-state index contributed by atoms with van der Waals surface area (Å²) in [7, 11) is 0. The Balaban J connectivity index is 1.93. The lowest BCUT2D eigenvalue weighted by atomic mass is 10.1. The summed E-state index contributed by atoms with van der Waals surface area (Å²) < 4.78 is 0.